The monoisotopic (exact) mass is 547 g/mol. The molecule has 0 heterocycles. The van der Waals surface area contributed by atoms with Gasteiger partial charge in [-0.25, -0.2) is 9.59 Å². The number of hydrogen-bond acceptors (Lipinski definition) is 6. The molecule has 9 nitrogen and oxygen atoms in total. The van der Waals surface area contributed by atoms with Gasteiger partial charge in [0, 0.05) is 0 Å². The van der Waals surface area contributed by atoms with Crippen LogP contribution in [-0.4, -0.2) is 47.6 Å². The fourth-order valence-electron chi connectivity index (χ4n) is 3.89. The van der Waals surface area contributed by atoms with E-state index in [9.17, 15) is 19.2 Å². The molecule has 0 bridgehead atoms. The van der Waals surface area contributed by atoms with Crippen LogP contribution in [-0.2, 0) is 30.5 Å². The maximum absolute atomic E-state index is 13.4. The van der Waals surface area contributed by atoms with Gasteiger partial charge in [-0.1, -0.05) is 78.3 Å². The Morgan fingerprint density at radius 1 is 0.795 bits per heavy atom. The van der Waals surface area contributed by atoms with E-state index in [0.29, 0.717) is 19.3 Å². The zero-order valence-electron chi connectivity index (χ0n) is 25.1. The van der Waals surface area contributed by atoms with Crippen LogP contribution < -0.4 is 16.0 Å². The molecule has 0 aliphatic rings. The number of rotatable bonds is 14. The second-order valence-corrected chi connectivity index (χ2v) is 12.0. The first-order valence-corrected chi connectivity index (χ1v) is 13.9. The molecule has 0 aliphatic carbocycles. The topological polar surface area (TPSA) is 123 Å². The van der Waals surface area contributed by atoms with E-state index in [0.717, 1.165) is 5.56 Å². The Bertz CT molecular complexity index is 926. The lowest BCUT2D eigenvalue weighted by Gasteiger charge is -2.29. The molecule has 1 aromatic rings. The van der Waals surface area contributed by atoms with Gasteiger partial charge in [-0.2, -0.15) is 0 Å². The fourth-order valence-corrected chi connectivity index (χ4v) is 3.89. The molecule has 0 saturated heterocycles. The van der Waals surface area contributed by atoms with Crippen LogP contribution in [0.2, 0.25) is 0 Å². The molecule has 3 N–H and O–H groups in total. The molecule has 0 aromatic heterocycles. The predicted molar refractivity (Wildman–Crippen MR) is 152 cm³/mol. The number of carbonyl (C=O) groups is 4. The van der Waals surface area contributed by atoms with Gasteiger partial charge in [0.05, 0.1) is 0 Å². The Labute approximate surface area is 234 Å². The Kier molecular flexibility index (Phi) is 14.0. The molecule has 0 saturated carbocycles. The van der Waals surface area contributed by atoms with Crippen molar-refractivity contribution in [3.05, 3.63) is 35.9 Å². The molecule has 0 aliphatic heterocycles. The van der Waals surface area contributed by atoms with E-state index < -0.39 is 47.6 Å². The standard InChI is InChI=1S/C30H49N3O6/c1-10-21(6)25(33-29(37)39-30(7,8)9)27(35)31-23(16-19(2)3)26(34)32-24(17-20(4)5)28(36)38-18-22-14-12-11-13-15-22/h11-15,19-21,23-25H,10,16-18H2,1-9H3,(H,31,35)(H,32,34)(H,33,37)/t21-,23+,24-,25-/m0/s1. The first-order chi connectivity index (χ1) is 18.1. The third-order valence-electron chi connectivity index (χ3n) is 6.04. The number of nitrogens with one attached hydrogen (secondary N) is 3. The lowest BCUT2D eigenvalue weighted by atomic mass is 9.96. The summed E-state index contributed by atoms with van der Waals surface area (Å²) in [5, 5.41) is 8.28. The summed E-state index contributed by atoms with van der Waals surface area (Å²) < 4.78 is 10.8. The molecule has 220 valence electrons. The third kappa shape index (κ3) is 13.5. The Hall–Kier alpha value is -3.10. The summed E-state index contributed by atoms with van der Waals surface area (Å²) in [4.78, 5) is 52.1. The highest BCUT2D eigenvalue weighted by atomic mass is 16.6. The van der Waals surface area contributed by atoms with Crippen molar-refractivity contribution in [2.45, 2.75) is 112 Å². The van der Waals surface area contributed by atoms with Gasteiger partial charge in [0.2, 0.25) is 11.8 Å². The molecule has 0 radical (unpaired) electrons. The summed E-state index contributed by atoms with van der Waals surface area (Å²) in [7, 11) is 0. The molecule has 9 heteroatoms. The summed E-state index contributed by atoms with van der Waals surface area (Å²) in [5.74, 6) is -1.50. The van der Waals surface area contributed by atoms with Crippen LogP contribution in [0.15, 0.2) is 30.3 Å². The summed E-state index contributed by atoms with van der Waals surface area (Å²) in [6, 6.07) is 6.66. The van der Waals surface area contributed by atoms with Crippen LogP contribution in [0, 0.1) is 17.8 Å². The van der Waals surface area contributed by atoms with Crippen molar-refractivity contribution in [3.8, 4) is 0 Å². The highest BCUT2D eigenvalue weighted by Gasteiger charge is 2.33. The lowest BCUT2D eigenvalue weighted by molar-refractivity contribution is -0.150. The lowest BCUT2D eigenvalue weighted by Crippen LogP contribution is -2.57. The summed E-state index contributed by atoms with van der Waals surface area (Å²) in [5.41, 5.74) is 0.125. The highest BCUT2D eigenvalue weighted by molar-refractivity contribution is 5.93. The Morgan fingerprint density at radius 3 is 1.85 bits per heavy atom. The zero-order valence-corrected chi connectivity index (χ0v) is 25.1. The second kappa shape index (κ2) is 16.1. The van der Waals surface area contributed by atoms with Crippen LogP contribution >= 0.6 is 0 Å². The average Bonchev–Trinajstić information content (AvgIpc) is 2.83. The molecule has 0 spiro atoms. The number of esters is 1. The molecule has 4 atom stereocenters. The van der Waals surface area contributed by atoms with Gasteiger partial charge < -0.3 is 25.4 Å². The molecular formula is C30H49N3O6. The van der Waals surface area contributed by atoms with Crippen LogP contribution in [0.1, 0.15) is 87.1 Å². The number of benzene rings is 1. The van der Waals surface area contributed by atoms with Crippen molar-refractivity contribution in [3.63, 3.8) is 0 Å². The van der Waals surface area contributed by atoms with E-state index in [-0.39, 0.29) is 24.4 Å². The van der Waals surface area contributed by atoms with Crippen LogP contribution in [0.4, 0.5) is 4.79 Å². The Morgan fingerprint density at radius 2 is 1.33 bits per heavy atom. The van der Waals surface area contributed by atoms with Gasteiger partial charge in [-0.3, -0.25) is 9.59 Å². The summed E-state index contributed by atoms with van der Waals surface area (Å²) in [6.45, 7) is 16.9. The quantitative estimate of drug-likeness (QED) is 0.289. The SMILES string of the molecule is CC[C@H](C)[C@H](NC(=O)OC(C)(C)C)C(=O)N[C@H](CC(C)C)C(=O)N[C@@H](CC(C)C)C(=O)OCc1ccccc1. The molecule has 1 rings (SSSR count). The largest absolute Gasteiger partial charge is 0.459 e. The highest BCUT2D eigenvalue weighted by Crippen LogP contribution is 2.14. The number of carbonyl (C=O) groups excluding carboxylic acids is 4. The minimum Gasteiger partial charge on any atom is -0.459 e. The Balaban J connectivity index is 3.02. The van der Waals surface area contributed by atoms with E-state index in [1.807, 2.05) is 71.9 Å². The van der Waals surface area contributed by atoms with Gasteiger partial charge in [0.1, 0.15) is 30.3 Å². The normalized spacial score (nSPS) is 14.6. The predicted octanol–water partition coefficient (Wildman–Crippen LogP) is 4.73. The van der Waals surface area contributed by atoms with Gasteiger partial charge in [0.15, 0.2) is 0 Å². The van der Waals surface area contributed by atoms with Crippen molar-refractivity contribution in [2.24, 2.45) is 17.8 Å². The minimum atomic E-state index is -0.902. The van der Waals surface area contributed by atoms with E-state index in [1.54, 1.807) is 20.8 Å². The van der Waals surface area contributed by atoms with Gasteiger partial charge in [-0.05, 0) is 56.9 Å². The van der Waals surface area contributed by atoms with E-state index >= 15 is 0 Å². The molecule has 0 fully saturated rings. The van der Waals surface area contributed by atoms with Gasteiger partial charge in [-0.15, -0.1) is 0 Å². The maximum atomic E-state index is 13.4. The van der Waals surface area contributed by atoms with Crippen LogP contribution in [0.5, 0.6) is 0 Å². The second-order valence-electron chi connectivity index (χ2n) is 12.0. The number of alkyl carbamates (subject to hydrolysis) is 1. The molecule has 0 unspecified atom stereocenters. The first-order valence-electron chi connectivity index (χ1n) is 13.9. The van der Waals surface area contributed by atoms with Crippen molar-refractivity contribution < 1.29 is 28.7 Å². The van der Waals surface area contributed by atoms with Crippen molar-refractivity contribution in [2.75, 3.05) is 0 Å². The average molecular weight is 548 g/mol. The van der Waals surface area contributed by atoms with Crippen LogP contribution in [0.25, 0.3) is 0 Å². The molecule has 39 heavy (non-hydrogen) atoms. The molecule has 1 aromatic carbocycles. The number of ether oxygens (including phenoxy) is 2. The summed E-state index contributed by atoms with van der Waals surface area (Å²) in [6.07, 6.45) is 0.659. The zero-order chi connectivity index (χ0) is 29.8. The number of amides is 3. The first kappa shape index (κ1) is 33.9. The third-order valence-corrected chi connectivity index (χ3v) is 6.04. The fraction of sp³-hybridized carbons (Fsp3) is 0.667. The van der Waals surface area contributed by atoms with E-state index in [4.69, 9.17) is 9.47 Å². The van der Waals surface area contributed by atoms with Crippen LogP contribution in [0.3, 0.4) is 0 Å². The maximum Gasteiger partial charge on any atom is 0.408 e. The van der Waals surface area contributed by atoms with Crippen molar-refractivity contribution >= 4 is 23.9 Å². The van der Waals surface area contributed by atoms with Gasteiger partial charge in [0.25, 0.3) is 0 Å². The molecule has 3 amide bonds. The van der Waals surface area contributed by atoms with Crippen molar-refractivity contribution in [1.82, 2.24) is 16.0 Å². The molecular weight excluding hydrogens is 498 g/mol. The summed E-state index contributed by atoms with van der Waals surface area (Å²) >= 11 is 0. The van der Waals surface area contributed by atoms with E-state index in [1.165, 1.54) is 0 Å². The van der Waals surface area contributed by atoms with Crippen molar-refractivity contribution in [1.29, 1.82) is 0 Å². The van der Waals surface area contributed by atoms with Gasteiger partial charge >= 0.3 is 12.1 Å². The van der Waals surface area contributed by atoms with E-state index in [2.05, 4.69) is 16.0 Å². The smallest absolute Gasteiger partial charge is 0.408 e. The minimum absolute atomic E-state index is 0.0792. The number of hydrogen-bond donors (Lipinski definition) is 3.